The zero-order chi connectivity index (χ0) is 41.0. The molecule has 11 aromatic rings. The Morgan fingerprint density at radius 3 is 1.87 bits per heavy atom. The van der Waals surface area contributed by atoms with E-state index < -0.39 is 0 Å². The molecule has 10 aromatic carbocycles. The van der Waals surface area contributed by atoms with Crippen LogP contribution in [-0.2, 0) is 0 Å². The Kier molecular flexibility index (Phi) is 8.67. The molecular weight excluding hydrogens is 751 g/mol. The number of nitrogens with zero attached hydrogens (tertiary/aromatic N) is 1. The zero-order valence-corrected chi connectivity index (χ0v) is 34.1. The molecule has 0 bridgehead atoms. The number of benzene rings is 10. The number of anilines is 3. The summed E-state index contributed by atoms with van der Waals surface area (Å²) in [6.07, 6.45) is 8.84. The van der Waals surface area contributed by atoms with E-state index in [1.54, 1.807) is 0 Å². The van der Waals surface area contributed by atoms with Crippen LogP contribution in [0.15, 0.2) is 229 Å². The third-order valence-electron chi connectivity index (χ3n) is 12.7. The Hall–Kier alpha value is -7.94. The van der Waals surface area contributed by atoms with E-state index in [1.807, 2.05) is 0 Å². The van der Waals surface area contributed by atoms with Crippen LogP contribution in [0.2, 0.25) is 0 Å². The molecule has 0 saturated carbocycles. The van der Waals surface area contributed by atoms with Crippen LogP contribution >= 0.6 is 0 Å². The van der Waals surface area contributed by atoms with Gasteiger partial charge in [0.05, 0.1) is 5.69 Å². The number of rotatable bonds is 7. The van der Waals surface area contributed by atoms with Crippen molar-refractivity contribution in [2.75, 3.05) is 4.90 Å². The van der Waals surface area contributed by atoms with Crippen molar-refractivity contribution in [2.24, 2.45) is 0 Å². The lowest BCUT2D eigenvalue weighted by Crippen LogP contribution is -2.11. The predicted molar refractivity (Wildman–Crippen MR) is 264 cm³/mol. The fraction of sp³-hybridized carbons (Fsp3) is 0.0333. The number of para-hydroxylation sites is 1. The van der Waals surface area contributed by atoms with E-state index in [1.165, 1.54) is 60.3 Å². The number of hydrogen-bond acceptors (Lipinski definition) is 2. The van der Waals surface area contributed by atoms with Crippen LogP contribution in [0.4, 0.5) is 17.1 Å². The summed E-state index contributed by atoms with van der Waals surface area (Å²) in [4.78, 5) is 2.40. The quantitative estimate of drug-likeness (QED) is 0.150. The van der Waals surface area contributed by atoms with Gasteiger partial charge in [0.1, 0.15) is 11.2 Å². The summed E-state index contributed by atoms with van der Waals surface area (Å²) < 4.78 is 6.54. The molecule has 0 radical (unpaired) electrons. The molecule has 2 heteroatoms. The van der Waals surface area contributed by atoms with Gasteiger partial charge in [-0.15, -0.1) is 0 Å². The van der Waals surface area contributed by atoms with Crippen molar-refractivity contribution in [3.63, 3.8) is 0 Å². The van der Waals surface area contributed by atoms with Crippen molar-refractivity contribution in [3.05, 3.63) is 230 Å². The Bertz CT molecular complexity index is 3570. The molecule has 2 nitrogen and oxygen atoms in total. The van der Waals surface area contributed by atoms with Gasteiger partial charge in [0.25, 0.3) is 0 Å². The molecule has 0 spiro atoms. The maximum Gasteiger partial charge on any atom is 0.143 e. The van der Waals surface area contributed by atoms with Crippen molar-refractivity contribution in [1.29, 1.82) is 0 Å². The van der Waals surface area contributed by atoms with Gasteiger partial charge in [0, 0.05) is 33.1 Å². The summed E-state index contributed by atoms with van der Waals surface area (Å²) in [6.45, 7) is 0. The first kappa shape index (κ1) is 36.0. The largest absolute Gasteiger partial charge is 0.455 e. The van der Waals surface area contributed by atoms with Gasteiger partial charge in [-0.05, 0) is 139 Å². The maximum atomic E-state index is 6.54. The monoisotopic (exact) mass is 791 g/mol. The number of fused-ring (bicyclic) bond motifs is 8. The average molecular weight is 792 g/mol. The number of hydrogen-bond donors (Lipinski definition) is 0. The second-order valence-corrected chi connectivity index (χ2v) is 16.4. The molecule has 0 N–H and O–H groups in total. The molecule has 292 valence electrons. The minimum Gasteiger partial charge on any atom is -0.455 e. The lowest BCUT2D eigenvalue weighted by atomic mass is 9.93. The van der Waals surface area contributed by atoms with Crippen LogP contribution in [0.3, 0.4) is 0 Å². The van der Waals surface area contributed by atoms with Gasteiger partial charge < -0.3 is 9.32 Å². The average Bonchev–Trinajstić information content (AvgIpc) is 3.73. The Morgan fingerprint density at radius 1 is 0.387 bits per heavy atom. The van der Waals surface area contributed by atoms with E-state index >= 15 is 0 Å². The van der Waals surface area contributed by atoms with E-state index in [-0.39, 0.29) is 0 Å². The second kappa shape index (κ2) is 15.0. The lowest BCUT2D eigenvalue weighted by molar-refractivity contribution is 0.672. The Labute approximate surface area is 360 Å². The highest BCUT2D eigenvalue weighted by Gasteiger charge is 2.20. The predicted octanol–water partition coefficient (Wildman–Crippen LogP) is 17.2. The summed E-state index contributed by atoms with van der Waals surface area (Å²) in [5, 5.41) is 9.60. The number of furan rings is 1. The molecule has 12 rings (SSSR count). The van der Waals surface area contributed by atoms with Crippen LogP contribution in [-0.4, -0.2) is 0 Å². The third kappa shape index (κ3) is 6.19. The lowest BCUT2D eigenvalue weighted by Gasteiger charge is -2.28. The highest BCUT2D eigenvalue weighted by Crippen LogP contribution is 2.44. The van der Waals surface area contributed by atoms with Crippen molar-refractivity contribution >= 4 is 76.9 Å². The third-order valence-corrected chi connectivity index (χ3v) is 12.7. The van der Waals surface area contributed by atoms with E-state index in [0.29, 0.717) is 0 Å². The molecule has 1 aliphatic carbocycles. The molecule has 0 amide bonds. The molecular formula is C60H41NO. The van der Waals surface area contributed by atoms with Crippen LogP contribution in [0.25, 0.3) is 93.2 Å². The first-order valence-corrected chi connectivity index (χ1v) is 21.5. The van der Waals surface area contributed by atoms with E-state index in [0.717, 1.165) is 68.4 Å². The summed E-state index contributed by atoms with van der Waals surface area (Å²) in [5.74, 6) is 0. The topological polar surface area (TPSA) is 16.4 Å². The molecule has 1 heterocycles. The van der Waals surface area contributed by atoms with Crippen molar-refractivity contribution in [1.82, 2.24) is 0 Å². The molecule has 0 aliphatic heterocycles. The van der Waals surface area contributed by atoms with Crippen LogP contribution in [0.1, 0.15) is 18.4 Å². The summed E-state index contributed by atoms with van der Waals surface area (Å²) >= 11 is 0. The van der Waals surface area contributed by atoms with E-state index in [9.17, 15) is 0 Å². The van der Waals surface area contributed by atoms with Crippen molar-refractivity contribution < 1.29 is 4.42 Å². The van der Waals surface area contributed by atoms with Crippen molar-refractivity contribution in [3.8, 4) is 33.4 Å². The van der Waals surface area contributed by atoms with Crippen LogP contribution in [0.5, 0.6) is 0 Å². The van der Waals surface area contributed by atoms with Gasteiger partial charge >= 0.3 is 0 Å². The highest BCUT2D eigenvalue weighted by atomic mass is 16.3. The minimum atomic E-state index is 0.891. The van der Waals surface area contributed by atoms with E-state index in [2.05, 4.69) is 229 Å². The highest BCUT2D eigenvalue weighted by molar-refractivity contribution is 6.16. The standard InChI is InChI=1S/C60H41NO/c1-2-13-40(14-3-1)44-17-12-18-45(37-44)41-25-31-48(32-26-41)61(49-33-27-43(28-34-49)56-38-46-16-5-6-19-50(46)53-22-8-9-23-54(53)56)58-24-11-10-20-51(58)47-30-36-59-57(39-47)55-35-29-42-15-4-7-21-52(42)60(55)62-59/h1-2,4-13,15-39H,3,14H2. The smallest absolute Gasteiger partial charge is 0.143 e. The first-order chi connectivity index (χ1) is 30.7. The normalized spacial score (nSPS) is 12.7. The zero-order valence-electron chi connectivity index (χ0n) is 34.1. The summed E-state index contributed by atoms with van der Waals surface area (Å²) in [7, 11) is 0. The molecule has 1 aromatic heterocycles. The first-order valence-electron chi connectivity index (χ1n) is 21.5. The summed E-state index contributed by atoms with van der Waals surface area (Å²) in [6, 6.07) is 75.2. The van der Waals surface area contributed by atoms with Crippen molar-refractivity contribution in [2.45, 2.75) is 12.8 Å². The Morgan fingerprint density at radius 2 is 1.06 bits per heavy atom. The maximum absolute atomic E-state index is 6.54. The van der Waals surface area contributed by atoms with Gasteiger partial charge in [-0.25, -0.2) is 0 Å². The van der Waals surface area contributed by atoms with Gasteiger partial charge in [0.2, 0.25) is 0 Å². The number of allylic oxidation sites excluding steroid dienone is 4. The minimum absolute atomic E-state index is 0.891. The van der Waals surface area contributed by atoms with E-state index in [4.69, 9.17) is 4.42 Å². The molecule has 0 unspecified atom stereocenters. The molecule has 1 aliphatic rings. The fourth-order valence-corrected chi connectivity index (χ4v) is 9.64. The molecule has 0 saturated heterocycles. The Balaban J connectivity index is 0.992. The SMILES string of the molecule is C1=CCCC(c2cccc(-c3ccc(N(c4ccc(-c5cc6ccccc6c6ccccc56)cc4)c4ccccc4-c4ccc5oc6c7ccccc7ccc6c5c4)cc3)c2)=C1. The van der Waals surface area contributed by atoms with Gasteiger partial charge in [0.15, 0.2) is 0 Å². The molecule has 0 atom stereocenters. The van der Waals surface area contributed by atoms with Crippen LogP contribution < -0.4 is 4.90 Å². The van der Waals surface area contributed by atoms with Gasteiger partial charge in [-0.1, -0.05) is 164 Å². The van der Waals surface area contributed by atoms with Gasteiger partial charge in [-0.3, -0.25) is 0 Å². The second-order valence-electron chi connectivity index (χ2n) is 16.4. The van der Waals surface area contributed by atoms with Crippen LogP contribution in [0, 0.1) is 0 Å². The molecule has 62 heavy (non-hydrogen) atoms. The van der Waals surface area contributed by atoms with Gasteiger partial charge in [-0.2, -0.15) is 0 Å². The fourth-order valence-electron chi connectivity index (χ4n) is 9.64. The molecule has 0 fully saturated rings. The summed E-state index contributed by atoms with van der Waals surface area (Å²) in [5.41, 5.74) is 14.9.